The number of fused-ring (bicyclic) bond motifs is 9. The molecule has 0 atom stereocenters. The van der Waals surface area contributed by atoms with E-state index in [9.17, 15) is 0 Å². The predicted molar refractivity (Wildman–Crippen MR) is 200 cm³/mol. The van der Waals surface area contributed by atoms with Gasteiger partial charge in [0.1, 0.15) is 11.2 Å². The smallest absolute Gasteiger partial charge is 0.135 e. The van der Waals surface area contributed by atoms with Crippen LogP contribution in [0.25, 0.3) is 54.9 Å². The summed E-state index contributed by atoms with van der Waals surface area (Å²) < 4.78 is 8.82. The van der Waals surface area contributed by atoms with Gasteiger partial charge in [-0.05, 0) is 71.1 Å². The average molecular weight is 619 g/mol. The number of furan rings is 1. The Bertz CT molecular complexity index is 2620. The third-order valence-corrected chi connectivity index (χ3v) is 10.3. The van der Waals surface area contributed by atoms with Crippen molar-refractivity contribution >= 4 is 49.5 Å². The van der Waals surface area contributed by atoms with E-state index in [1.165, 1.54) is 54.8 Å². The minimum atomic E-state index is -0.160. The van der Waals surface area contributed by atoms with Gasteiger partial charge in [-0.1, -0.05) is 105 Å². The molecule has 0 radical (unpaired) electrons. The highest BCUT2D eigenvalue weighted by Gasteiger charge is 2.37. The van der Waals surface area contributed by atoms with Gasteiger partial charge < -0.3 is 8.98 Å². The summed E-state index contributed by atoms with van der Waals surface area (Å²) in [5.41, 5.74) is 13.5. The van der Waals surface area contributed by atoms with Gasteiger partial charge in [-0.25, -0.2) is 0 Å². The molecule has 0 bridgehead atoms. The summed E-state index contributed by atoms with van der Waals surface area (Å²) in [6.07, 6.45) is 6.80. The Hall–Kier alpha value is -5.85. The van der Waals surface area contributed by atoms with Gasteiger partial charge in [-0.15, -0.1) is 6.42 Å². The first-order valence-electron chi connectivity index (χ1n) is 16.7. The van der Waals surface area contributed by atoms with Crippen LogP contribution >= 0.6 is 0 Å². The molecule has 8 aromatic rings. The average Bonchev–Trinajstić information content (AvgIpc) is 3.72. The number of terminal acetylenes is 1. The zero-order chi connectivity index (χ0) is 32.4. The Morgan fingerprint density at radius 3 is 2.21 bits per heavy atom. The minimum absolute atomic E-state index is 0.160. The fourth-order valence-corrected chi connectivity index (χ4v) is 7.89. The molecule has 0 amide bonds. The Labute approximate surface area is 280 Å². The number of hydrogen-bond donors (Lipinski definition) is 0. The first-order chi connectivity index (χ1) is 23.5. The first kappa shape index (κ1) is 28.4. The summed E-state index contributed by atoms with van der Waals surface area (Å²) >= 11 is 0. The quantitative estimate of drug-likeness (QED) is 0.104. The lowest BCUT2D eigenvalue weighted by molar-refractivity contribution is 0.646. The van der Waals surface area contributed by atoms with Gasteiger partial charge in [0.2, 0.25) is 0 Å². The molecule has 0 unspecified atom stereocenters. The molecule has 0 aliphatic heterocycles. The van der Waals surface area contributed by atoms with Gasteiger partial charge in [0.25, 0.3) is 0 Å². The highest BCUT2D eigenvalue weighted by Crippen LogP contribution is 2.52. The monoisotopic (exact) mass is 618 g/mol. The molecule has 230 valence electrons. The van der Waals surface area contributed by atoms with Crippen LogP contribution in [-0.4, -0.2) is 16.8 Å². The second-order valence-corrected chi connectivity index (χ2v) is 13.3. The van der Waals surface area contributed by atoms with Crippen molar-refractivity contribution in [3.05, 3.63) is 155 Å². The zero-order valence-corrected chi connectivity index (χ0v) is 27.1. The van der Waals surface area contributed by atoms with Crippen LogP contribution in [0.4, 0.5) is 0 Å². The largest absolute Gasteiger partial charge is 0.456 e. The molecule has 9 rings (SSSR count). The van der Waals surface area contributed by atoms with Crippen LogP contribution in [0, 0.1) is 12.3 Å². The molecule has 6 aromatic carbocycles. The molecule has 48 heavy (non-hydrogen) atoms. The molecule has 0 fully saturated rings. The number of para-hydroxylation sites is 2. The summed E-state index contributed by atoms with van der Waals surface area (Å²) in [6.45, 7) is 6.24. The highest BCUT2D eigenvalue weighted by atomic mass is 16.3. The lowest BCUT2D eigenvalue weighted by atomic mass is 9.82. The van der Waals surface area contributed by atoms with E-state index in [-0.39, 0.29) is 5.41 Å². The molecule has 0 N–H and O–H groups in total. The number of aryl methyl sites for hydroxylation is 1. The topological polar surface area (TPSA) is 30.4 Å². The molecule has 0 spiro atoms. The summed E-state index contributed by atoms with van der Waals surface area (Å²) in [4.78, 5) is 5.18. The highest BCUT2D eigenvalue weighted by molar-refractivity contribution is 6.14. The second-order valence-electron chi connectivity index (χ2n) is 13.3. The van der Waals surface area contributed by atoms with Crippen LogP contribution in [0.1, 0.15) is 48.1 Å². The maximum absolute atomic E-state index is 6.33. The molecule has 3 nitrogen and oxygen atoms in total. The Balaban J connectivity index is 1.13. The number of hydrogen-bond acceptors (Lipinski definition) is 2. The second kappa shape index (κ2) is 10.9. The van der Waals surface area contributed by atoms with Gasteiger partial charge in [-0.3, -0.25) is 4.99 Å². The molecule has 2 heterocycles. The predicted octanol–water partition coefficient (Wildman–Crippen LogP) is 10.9. The molecular weight excluding hydrogens is 585 g/mol. The van der Waals surface area contributed by atoms with Crippen molar-refractivity contribution in [2.45, 2.75) is 32.2 Å². The van der Waals surface area contributed by atoms with Gasteiger partial charge in [0.05, 0.1) is 5.71 Å². The van der Waals surface area contributed by atoms with E-state index in [2.05, 4.69) is 121 Å². The normalized spacial score (nSPS) is 13.7. The van der Waals surface area contributed by atoms with Gasteiger partial charge >= 0.3 is 0 Å². The van der Waals surface area contributed by atoms with Crippen LogP contribution < -0.4 is 0 Å². The minimum Gasteiger partial charge on any atom is -0.456 e. The van der Waals surface area contributed by atoms with Crippen LogP contribution in [-0.2, 0) is 12.0 Å². The van der Waals surface area contributed by atoms with E-state index in [1.54, 1.807) is 0 Å². The Morgan fingerprint density at radius 2 is 1.38 bits per heavy atom. The fraction of sp³-hybridized carbons (Fsp3) is 0.133. The van der Waals surface area contributed by atoms with E-state index >= 15 is 0 Å². The third kappa shape index (κ3) is 4.26. The third-order valence-electron chi connectivity index (χ3n) is 10.3. The van der Waals surface area contributed by atoms with Gasteiger partial charge in [0.15, 0.2) is 0 Å². The molecule has 3 heteroatoms. The van der Waals surface area contributed by atoms with Crippen molar-refractivity contribution in [3.8, 4) is 23.5 Å². The van der Waals surface area contributed by atoms with E-state index < -0.39 is 0 Å². The molecule has 2 aromatic heterocycles. The zero-order valence-electron chi connectivity index (χ0n) is 27.1. The van der Waals surface area contributed by atoms with Crippen molar-refractivity contribution in [2.75, 3.05) is 6.54 Å². The standard InChI is InChI=1S/C45H34N2O/c1-4-29-15-8-9-18-31(29)44(30-16-6-5-7-17-30)46-23-14-24-47-40-21-12-10-19-32(40)36-25-34-35-26-37-33-20-11-13-22-42(33)48-43(37)28-39(35)45(2,3)38(34)27-41(36)47/h1,5-13,15-22,25-28H,14,23-24H2,2-3H3. The molecule has 0 saturated heterocycles. The van der Waals surface area contributed by atoms with E-state index in [4.69, 9.17) is 15.8 Å². The Morgan fingerprint density at radius 1 is 0.688 bits per heavy atom. The lowest BCUT2D eigenvalue weighted by Gasteiger charge is -2.21. The lowest BCUT2D eigenvalue weighted by Crippen LogP contribution is -2.15. The summed E-state index contributed by atoms with van der Waals surface area (Å²) in [7, 11) is 0. The Kier molecular flexibility index (Phi) is 6.42. The molecule has 0 saturated carbocycles. The van der Waals surface area contributed by atoms with Crippen molar-refractivity contribution in [3.63, 3.8) is 0 Å². The van der Waals surface area contributed by atoms with Crippen LogP contribution in [0.15, 0.2) is 137 Å². The van der Waals surface area contributed by atoms with Crippen molar-refractivity contribution in [1.82, 2.24) is 4.57 Å². The van der Waals surface area contributed by atoms with Crippen LogP contribution in [0.3, 0.4) is 0 Å². The van der Waals surface area contributed by atoms with E-state index in [1.807, 2.05) is 30.3 Å². The van der Waals surface area contributed by atoms with Gasteiger partial charge in [0, 0.05) is 67.8 Å². The fourth-order valence-electron chi connectivity index (χ4n) is 7.89. The van der Waals surface area contributed by atoms with Crippen molar-refractivity contribution in [2.24, 2.45) is 4.99 Å². The SMILES string of the molecule is C#Cc1ccccc1C(=NCCCn1c2ccccc2c2cc3c(cc21)C(C)(C)c1cc2oc4ccccc4c2cc1-3)c1ccccc1. The first-order valence-corrected chi connectivity index (χ1v) is 16.7. The van der Waals surface area contributed by atoms with Crippen LogP contribution in [0.2, 0.25) is 0 Å². The van der Waals surface area contributed by atoms with E-state index in [0.29, 0.717) is 6.54 Å². The maximum Gasteiger partial charge on any atom is 0.135 e. The number of benzene rings is 6. The molecular formula is C45H34N2O. The van der Waals surface area contributed by atoms with Crippen LogP contribution in [0.5, 0.6) is 0 Å². The molecule has 1 aliphatic carbocycles. The van der Waals surface area contributed by atoms with Crippen molar-refractivity contribution in [1.29, 1.82) is 0 Å². The van der Waals surface area contributed by atoms with Gasteiger partial charge in [-0.2, -0.15) is 0 Å². The summed E-state index contributed by atoms with van der Waals surface area (Å²) in [6, 6.07) is 45.1. The summed E-state index contributed by atoms with van der Waals surface area (Å²) in [5, 5.41) is 4.92. The number of rotatable bonds is 6. The number of nitrogens with zero attached hydrogens (tertiary/aromatic N) is 2. The summed E-state index contributed by atoms with van der Waals surface area (Å²) in [5.74, 6) is 2.86. The number of aromatic nitrogens is 1. The molecule has 1 aliphatic rings. The van der Waals surface area contributed by atoms with E-state index in [0.717, 1.165) is 46.5 Å². The van der Waals surface area contributed by atoms with Crippen molar-refractivity contribution < 1.29 is 4.42 Å². The number of aliphatic imine (C=N–C) groups is 1. The maximum atomic E-state index is 6.33.